The number of carbonyl (C=O) groups excluding carboxylic acids is 1. The molecule has 2 unspecified atom stereocenters. The van der Waals surface area contributed by atoms with Crippen LogP contribution in [0.25, 0.3) is 0 Å². The molecule has 0 bridgehead atoms. The molecule has 0 radical (unpaired) electrons. The van der Waals surface area contributed by atoms with E-state index in [0.717, 1.165) is 19.3 Å². The average Bonchev–Trinajstić information content (AvgIpc) is 2.85. The normalized spacial score (nSPS) is 20.2. The van der Waals surface area contributed by atoms with E-state index in [4.69, 9.17) is 5.73 Å². The number of carbonyl (C=O) groups is 1. The average molecular weight is 266 g/mol. The van der Waals surface area contributed by atoms with Gasteiger partial charge in [-0.1, -0.05) is 6.92 Å². The Labute approximate surface area is 113 Å². The Bertz CT molecular complexity index is 402. The zero-order chi connectivity index (χ0) is 13.0. The van der Waals surface area contributed by atoms with Crippen molar-refractivity contribution in [3.8, 4) is 0 Å². The van der Waals surface area contributed by atoms with Crippen molar-refractivity contribution in [2.75, 3.05) is 6.54 Å². The SMILES string of the molecule is CC(CCCN)C(=O)NC1CCCc2sccc21. The van der Waals surface area contributed by atoms with Crippen LogP contribution in [0.5, 0.6) is 0 Å². The summed E-state index contributed by atoms with van der Waals surface area (Å²) >= 11 is 1.81. The van der Waals surface area contributed by atoms with Crippen molar-refractivity contribution >= 4 is 17.2 Å². The summed E-state index contributed by atoms with van der Waals surface area (Å²) in [4.78, 5) is 13.5. The van der Waals surface area contributed by atoms with Gasteiger partial charge in [0.15, 0.2) is 0 Å². The smallest absolute Gasteiger partial charge is 0.223 e. The van der Waals surface area contributed by atoms with Crippen LogP contribution in [0.3, 0.4) is 0 Å². The lowest BCUT2D eigenvalue weighted by atomic mass is 9.93. The monoisotopic (exact) mass is 266 g/mol. The van der Waals surface area contributed by atoms with E-state index < -0.39 is 0 Å². The van der Waals surface area contributed by atoms with Gasteiger partial charge in [-0.05, 0) is 55.7 Å². The van der Waals surface area contributed by atoms with Crippen molar-refractivity contribution in [1.29, 1.82) is 0 Å². The molecule has 1 amide bonds. The maximum atomic E-state index is 12.1. The van der Waals surface area contributed by atoms with Crippen molar-refractivity contribution in [3.63, 3.8) is 0 Å². The van der Waals surface area contributed by atoms with Crippen LogP contribution in [0.4, 0.5) is 0 Å². The van der Waals surface area contributed by atoms with Crippen molar-refractivity contribution in [2.24, 2.45) is 11.7 Å². The highest BCUT2D eigenvalue weighted by Gasteiger charge is 2.24. The first-order valence-electron chi connectivity index (χ1n) is 6.79. The maximum Gasteiger partial charge on any atom is 0.223 e. The molecular formula is C14H22N2OS. The molecular weight excluding hydrogens is 244 g/mol. The number of thiophene rings is 1. The van der Waals surface area contributed by atoms with E-state index in [9.17, 15) is 4.79 Å². The van der Waals surface area contributed by atoms with Crippen LogP contribution in [0.1, 0.15) is 49.1 Å². The number of fused-ring (bicyclic) bond motifs is 1. The Kier molecular flexibility index (Phi) is 4.78. The standard InChI is InChI=1S/C14H22N2OS/c1-10(4-3-8-15)14(17)16-12-5-2-6-13-11(12)7-9-18-13/h7,9-10,12H,2-6,8,15H2,1H3,(H,16,17). The molecule has 2 atom stereocenters. The first-order valence-corrected chi connectivity index (χ1v) is 7.67. The lowest BCUT2D eigenvalue weighted by molar-refractivity contribution is -0.125. The zero-order valence-electron chi connectivity index (χ0n) is 10.9. The second-order valence-corrected chi connectivity index (χ2v) is 6.09. The third-order valence-corrected chi connectivity index (χ3v) is 4.65. The number of rotatable bonds is 5. The van der Waals surface area contributed by atoms with E-state index in [0.29, 0.717) is 6.54 Å². The summed E-state index contributed by atoms with van der Waals surface area (Å²) < 4.78 is 0. The van der Waals surface area contributed by atoms with Crippen molar-refractivity contribution in [2.45, 2.75) is 45.1 Å². The number of hydrogen-bond acceptors (Lipinski definition) is 3. The molecule has 0 saturated heterocycles. The molecule has 1 aliphatic carbocycles. The van der Waals surface area contributed by atoms with E-state index >= 15 is 0 Å². The van der Waals surface area contributed by atoms with Gasteiger partial charge in [0, 0.05) is 10.8 Å². The lowest BCUT2D eigenvalue weighted by Gasteiger charge is -2.25. The number of nitrogens with two attached hydrogens (primary N) is 1. The molecule has 0 spiro atoms. The van der Waals surface area contributed by atoms with Crippen LogP contribution in [-0.4, -0.2) is 12.5 Å². The van der Waals surface area contributed by atoms with Gasteiger partial charge < -0.3 is 11.1 Å². The number of amides is 1. The summed E-state index contributed by atoms with van der Waals surface area (Å²) in [7, 11) is 0. The van der Waals surface area contributed by atoms with Gasteiger partial charge in [-0.3, -0.25) is 4.79 Å². The van der Waals surface area contributed by atoms with Gasteiger partial charge in [-0.2, -0.15) is 0 Å². The van der Waals surface area contributed by atoms with Gasteiger partial charge in [-0.25, -0.2) is 0 Å². The molecule has 0 fully saturated rings. The molecule has 1 aromatic heterocycles. The molecule has 2 rings (SSSR count). The van der Waals surface area contributed by atoms with Crippen LogP contribution >= 0.6 is 11.3 Å². The fourth-order valence-electron chi connectivity index (χ4n) is 2.51. The molecule has 1 heterocycles. The van der Waals surface area contributed by atoms with Crippen molar-refractivity contribution < 1.29 is 4.79 Å². The molecule has 3 N–H and O–H groups in total. The van der Waals surface area contributed by atoms with Crippen LogP contribution in [0, 0.1) is 5.92 Å². The second-order valence-electron chi connectivity index (χ2n) is 5.08. The molecule has 100 valence electrons. The quantitative estimate of drug-likeness (QED) is 0.860. The van der Waals surface area contributed by atoms with Gasteiger partial charge in [0.1, 0.15) is 0 Å². The van der Waals surface area contributed by atoms with Crippen LogP contribution in [0.2, 0.25) is 0 Å². The maximum absolute atomic E-state index is 12.1. The summed E-state index contributed by atoms with van der Waals surface area (Å²) in [6.07, 6.45) is 5.21. The van der Waals surface area contributed by atoms with Gasteiger partial charge in [0.05, 0.1) is 6.04 Å². The first kappa shape index (κ1) is 13.6. The van der Waals surface area contributed by atoms with Crippen molar-refractivity contribution in [1.82, 2.24) is 5.32 Å². The summed E-state index contributed by atoms with van der Waals surface area (Å²) in [5, 5.41) is 5.33. The van der Waals surface area contributed by atoms with Crippen LogP contribution in [-0.2, 0) is 11.2 Å². The number of aryl methyl sites for hydroxylation is 1. The molecule has 0 aliphatic heterocycles. The predicted molar refractivity (Wildman–Crippen MR) is 75.6 cm³/mol. The Balaban J connectivity index is 1.93. The second kappa shape index (κ2) is 6.34. The van der Waals surface area contributed by atoms with Crippen LogP contribution in [0.15, 0.2) is 11.4 Å². The molecule has 18 heavy (non-hydrogen) atoms. The summed E-state index contributed by atoms with van der Waals surface area (Å²) in [5.41, 5.74) is 6.82. The number of nitrogens with one attached hydrogen (secondary N) is 1. The zero-order valence-corrected chi connectivity index (χ0v) is 11.8. The Morgan fingerprint density at radius 3 is 3.28 bits per heavy atom. The Morgan fingerprint density at radius 2 is 2.50 bits per heavy atom. The minimum absolute atomic E-state index is 0.0672. The molecule has 0 aromatic carbocycles. The third-order valence-electron chi connectivity index (χ3n) is 3.66. The molecule has 1 aliphatic rings. The lowest BCUT2D eigenvalue weighted by Crippen LogP contribution is -2.34. The highest BCUT2D eigenvalue weighted by molar-refractivity contribution is 7.10. The van der Waals surface area contributed by atoms with Crippen molar-refractivity contribution in [3.05, 3.63) is 21.9 Å². The van der Waals surface area contributed by atoms with E-state index in [1.165, 1.54) is 23.3 Å². The van der Waals surface area contributed by atoms with Gasteiger partial charge in [0.2, 0.25) is 5.91 Å². The minimum atomic E-state index is 0.0672. The fraction of sp³-hybridized carbons (Fsp3) is 0.643. The molecule has 0 saturated carbocycles. The van der Waals surface area contributed by atoms with Gasteiger partial charge in [-0.15, -0.1) is 11.3 Å². The third kappa shape index (κ3) is 3.12. The largest absolute Gasteiger partial charge is 0.349 e. The van der Waals surface area contributed by atoms with E-state index in [1.54, 1.807) is 0 Å². The summed E-state index contributed by atoms with van der Waals surface area (Å²) in [5.74, 6) is 0.241. The van der Waals surface area contributed by atoms with E-state index in [2.05, 4.69) is 16.8 Å². The molecule has 1 aromatic rings. The predicted octanol–water partition coefficient (Wildman–Crippen LogP) is 2.62. The Morgan fingerprint density at radius 1 is 1.67 bits per heavy atom. The topological polar surface area (TPSA) is 55.1 Å². The van der Waals surface area contributed by atoms with Gasteiger partial charge in [0.25, 0.3) is 0 Å². The highest BCUT2D eigenvalue weighted by Crippen LogP contribution is 2.33. The molecule has 3 nitrogen and oxygen atoms in total. The summed E-state index contributed by atoms with van der Waals surface area (Å²) in [6.45, 7) is 2.65. The highest BCUT2D eigenvalue weighted by atomic mass is 32.1. The fourth-order valence-corrected chi connectivity index (χ4v) is 3.49. The van der Waals surface area contributed by atoms with Crippen LogP contribution < -0.4 is 11.1 Å². The minimum Gasteiger partial charge on any atom is -0.349 e. The van der Waals surface area contributed by atoms with E-state index in [1.807, 2.05) is 18.3 Å². The van der Waals surface area contributed by atoms with Gasteiger partial charge >= 0.3 is 0 Å². The number of hydrogen-bond donors (Lipinski definition) is 2. The first-order chi connectivity index (χ1) is 8.72. The summed E-state index contributed by atoms with van der Waals surface area (Å²) in [6, 6.07) is 2.39. The van der Waals surface area contributed by atoms with E-state index in [-0.39, 0.29) is 17.9 Å². The molecule has 4 heteroatoms. The Hall–Kier alpha value is -0.870.